The van der Waals surface area contributed by atoms with Crippen molar-refractivity contribution in [3.05, 3.63) is 51.9 Å². The Kier molecular flexibility index (Phi) is 4.73. The lowest BCUT2D eigenvalue weighted by Crippen LogP contribution is -2.15. The molecule has 1 amide bonds. The fraction of sp³-hybridized carbons (Fsp3) is 0.294. The molecular weight excluding hydrogens is 314 g/mol. The van der Waals surface area contributed by atoms with Crippen LogP contribution in [0.2, 0.25) is 0 Å². The SMILES string of the molecule is CC(=O)c1c(NC(=O)OCc2ccccc2)sc2c1CCOC2. The number of benzene rings is 1. The molecule has 0 aliphatic carbocycles. The van der Waals surface area contributed by atoms with E-state index in [1.807, 2.05) is 30.3 Å². The van der Waals surface area contributed by atoms with E-state index in [-0.39, 0.29) is 12.4 Å². The predicted molar refractivity (Wildman–Crippen MR) is 87.9 cm³/mol. The number of anilines is 1. The molecule has 0 atom stereocenters. The number of carbonyl (C=O) groups excluding carboxylic acids is 2. The van der Waals surface area contributed by atoms with Gasteiger partial charge >= 0.3 is 6.09 Å². The highest BCUT2D eigenvalue weighted by molar-refractivity contribution is 7.17. The number of fused-ring (bicyclic) bond motifs is 1. The molecule has 1 N–H and O–H groups in total. The molecule has 0 bridgehead atoms. The van der Waals surface area contributed by atoms with Crippen LogP contribution in [-0.2, 0) is 29.1 Å². The van der Waals surface area contributed by atoms with Crippen LogP contribution in [0.4, 0.5) is 9.80 Å². The number of rotatable bonds is 4. The van der Waals surface area contributed by atoms with Crippen molar-refractivity contribution in [2.24, 2.45) is 0 Å². The molecule has 120 valence electrons. The van der Waals surface area contributed by atoms with Crippen molar-refractivity contribution in [2.75, 3.05) is 11.9 Å². The lowest BCUT2D eigenvalue weighted by Gasteiger charge is -2.12. The number of carbonyl (C=O) groups is 2. The molecule has 1 aliphatic heterocycles. The Morgan fingerprint density at radius 3 is 2.83 bits per heavy atom. The van der Waals surface area contributed by atoms with E-state index in [4.69, 9.17) is 9.47 Å². The molecule has 0 saturated carbocycles. The van der Waals surface area contributed by atoms with Gasteiger partial charge in [-0.05, 0) is 24.5 Å². The zero-order chi connectivity index (χ0) is 16.2. The largest absolute Gasteiger partial charge is 0.444 e. The fourth-order valence-corrected chi connectivity index (χ4v) is 3.76. The summed E-state index contributed by atoms with van der Waals surface area (Å²) in [4.78, 5) is 24.9. The first-order valence-corrected chi connectivity index (χ1v) is 8.17. The van der Waals surface area contributed by atoms with Crippen LogP contribution >= 0.6 is 11.3 Å². The summed E-state index contributed by atoms with van der Waals surface area (Å²) in [5.41, 5.74) is 2.49. The quantitative estimate of drug-likeness (QED) is 0.866. The second kappa shape index (κ2) is 6.93. The third-order valence-corrected chi connectivity index (χ3v) is 4.72. The lowest BCUT2D eigenvalue weighted by atomic mass is 10.0. The molecule has 6 heteroatoms. The number of amides is 1. The van der Waals surface area contributed by atoms with Crippen molar-refractivity contribution in [1.82, 2.24) is 0 Å². The van der Waals surface area contributed by atoms with E-state index in [1.54, 1.807) is 0 Å². The van der Waals surface area contributed by atoms with E-state index in [2.05, 4.69) is 5.32 Å². The first-order chi connectivity index (χ1) is 11.1. The number of hydrogen-bond donors (Lipinski definition) is 1. The van der Waals surface area contributed by atoms with Crippen molar-refractivity contribution in [3.8, 4) is 0 Å². The highest BCUT2D eigenvalue weighted by atomic mass is 32.1. The summed E-state index contributed by atoms with van der Waals surface area (Å²) >= 11 is 1.38. The standard InChI is InChI=1S/C17H17NO4S/c1-11(19)15-13-7-8-21-10-14(13)23-16(15)18-17(20)22-9-12-5-3-2-4-6-12/h2-6H,7-10H2,1H3,(H,18,20). The van der Waals surface area contributed by atoms with Crippen LogP contribution in [0.3, 0.4) is 0 Å². The molecule has 3 rings (SSSR count). The van der Waals surface area contributed by atoms with Gasteiger partial charge in [-0.1, -0.05) is 30.3 Å². The van der Waals surface area contributed by atoms with Gasteiger partial charge in [0.05, 0.1) is 18.8 Å². The molecule has 2 aromatic rings. The molecule has 0 unspecified atom stereocenters. The van der Waals surface area contributed by atoms with E-state index in [0.717, 1.165) is 16.0 Å². The van der Waals surface area contributed by atoms with E-state index in [1.165, 1.54) is 18.3 Å². The minimum absolute atomic E-state index is 0.0530. The van der Waals surface area contributed by atoms with Crippen LogP contribution in [0.25, 0.3) is 0 Å². The van der Waals surface area contributed by atoms with Crippen LogP contribution in [0.1, 0.15) is 33.3 Å². The molecule has 0 fully saturated rings. The van der Waals surface area contributed by atoms with Crippen molar-refractivity contribution in [1.29, 1.82) is 0 Å². The Balaban J connectivity index is 1.71. The topological polar surface area (TPSA) is 64.6 Å². The summed E-state index contributed by atoms with van der Waals surface area (Å²) in [7, 11) is 0. The molecular formula is C17H17NO4S. The number of Topliss-reactive ketones (excluding diaryl/α,β-unsaturated/α-hetero) is 1. The third-order valence-electron chi connectivity index (χ3n) is 3.60. The predicted octanol–water partition coefficient (Wildman–Crippen LogP) is 3.77. The second-order valence-corrected chi connectivity index (χ2v) is 6.36. The minimum atomic E-state index is -0.559. The van der Waals surface area contributed by atoms with Crippen LogP contribution in [-0.4, -0.2) is 18.5 Å². The van der Waals surface area contributed by atoms with Crippen molar-refractivity contribution in [3.63, 3.8) is 0 Å². The summed E-state index contributed by atoms with van der Waals surface area (Å²) < 4.78 is 10.6. The fourth-order valence-electron chi connectivity index (χ4n) is 2.54. The minimum Gasteiger partial charge on any atom is -0.444 e. The van der Waals surface area contributed by atoms with E-state index < -0.39 is 6.09 Å². The Morgan fingerprint density at radius 1 is 1.30 bits per heavy atom. The van der Waals surface area contributed by atoms with Gasteiger partial charge in [0.2, 0.25) is 0 Å². The Bertz CT molecular complexity index is 724. The maximum Gasteiger partial charge on any atom is 0.412 e. The van der Waals surface area contributed by atoms with Gasteiger partial charge in [0, 0.05) is 4.88 Å². The molecule has 0 saturated heterocycles. The summed E-state index contributed by atoms with van der Waals surface area (Å²) in [6.45, 7) is 2.79. The normalized spacial score (nSPS) is 13.3. The number of hydrogen-bond acceptors (Lipinski definition) is 5. The Hall–Kier alpha value is -2.18. The van der Waals surface area contributed by atoms with Gasteiger partial charge in [0.25, 0.3) is 0 Å². The van der Waals surface area contributed by atoms with E-state index >= 15 is 0 Å². The first kappa shape index (κ1) is 15.7. The summed E-state index contributed by atoms with van der Waals surface area (Å²) in [6, 6.07) is 9.45. The molecule has 1 aromatic carbocycles. The average Bonchev–Trinajstić information content (AvgIpc) is 2.91. The number of thiophene rings is 1. The van der Waals surface area contributed by atoms with Gasteiger partial charge in [0.15, 0.2) is 5.78 Å². The number of nitrogens with one attached hydrogen (secondary N) is 1. The van der Waals surface area contributed by atoms with E-state index in [0.29, 0.717) is 30.2 Å². The third kappa shape index (κ3) is 3.60. The summed E-state index contributed by atoms with van der Waals surface area (Å²) in [6.07, 6.45) is 0.137. The molecule has 0 spiro atoms. The monoisotopic (exact) mass is 331 g/mol. The number of ether oxygens (including phenoxy) is 2. The van der Waals surface area contributed by atoms with Crippen molar-refractivity contribution >= 4 is 28.2 Å². The van der Waals surface area contributed by atoms with Gasteiger partial charge in [-0.15, -0.1) is 11.3 Å². The molecule has 1 aliphatic rings. The van der Waals surface area contributed by atoms with Crippen LogP contribution in [0.5, 0.6) is 0 Å². The summed E-state index contributed by atoms with van der Waals surface area (Å²) in [5.74, 6) is -0.0530. The van der Waals surface area contributed by atoms with Gasteiger partial charge in [0.1, 0.15) is 11.6 Å². The maximum absolute atomic E-state index is 12.0. The first-order valence-electron chi connectivity index (χ1n) is 7.36. The zero-order valence-corrected chi connectivity index (χ0v) is 13.6. The van der Waals surface area contributed by atoms with Crippen LogP contribution in [0.15, 0.2) is 30.3 Å². The highest BCUT2D eigenvalue weighted by Gasteiger charge is 2.24. The van der Waals surface area contributed by atoms with Crippen LogP contribution < -0.4 is 5.32 Å². The molecule has 2 heterocycles. The van der Waals surface area contributed by atoms with Gasteiger partial charge < -0.3 is 9.47 Å². The van der Waals surface area contributed by atoms with Crippen molar-refractivity contribution < 1.29 is 19.1 Å². The van der Waals surface area contributed by atoms with Gasteiger partial charge in [-0.3, -0.25) is 10.1 Å². The smallest absolute Gasteiger partial charge is 0.412 e. The highest BCUT2D eigenvalue weighted by Crippen LogP contribution is 2.36. The van der Waals surface area contributed by atoms with Gasteiger partial charge in [-0.25, -0.2) is 4.79 Å². The van der Waals surface area contributed by atoms with Crippen LogP contribution in [0, 0.1) is 0 Å². The Labute approximate surface area is 138 Å². The molecule has 0 radical (unpaired) electrons. The average molecular weight is 331 g/mol. The van der Waals surface area contributed by atoms with Crippen molar-refractivity contribution in [2.45, 2.75) is 26.6 Å². The molecule has 23 heavy (non-hydrogen) atoms. The lowest BCUT2D eigenvalue weighted by molar-refractivity contribution is 0.100. The van der Waals surface area contributed by atoms with E-state index in [9.17, 15) is 9.59 Å². The second-order valence-electron chi connectivity index (χ2n) is 5.25. The number of ketones is 1. The maximum atomic E-state index is 12.0. The molecule has 5 nitrogen and oxygen atoms in total. The van der Waals surface area contributed by atoms with Gasteiger partial charge in [-0.2, -0.15) is 0 Å². The molecule has 1 aromatic heterocycles. The summed E-state index contributed by atoms with van der Waals surface area (Å²) in [5, 5.41) is 3.25. The zero-order valence-electron chi connectivity index (χ0n) is 12.8. The Morgan fingerprint density at radius 2 is 2.09 bits per heavy atom.